The third kappa shape index (κ3) is 1.91. The summed E-state index contributed by atoms with van der Waals surface area (Å²) in [6, 6.07) is 7.69. The summed E-state index contributed by atoms with van der Waals surface area (Å²) in [7, 11) is 0. The molecule has 3 rings (SSSR count). The molecule has 1 unspecified atom stereocenters. The third-order valence-electron chi connectivity index (χ3n) is 3.17. The van der Waals surface area contributed by atoms with E-state index in [1.807, 2.05) is 24.3 Å². The zero-order valence-electron chi connectivity index (χ0n) is 9.40. The molecule has 0 spiro atoms. The summed E-state index contributed by atoms with van der Waals surface area (Å²) in [4.78, 5) is 12.0. The van der Waals surface area contributed by atoms with Crippen molar-refractivity contribution in [2.24, 2.45) is 5.92 Å². The highest BCUT2D eigenvalue weighted by atomic mass is 16.3. The molecule has 88 valence electrons. The Labute approximate surface area is 99.0 Å². The molecule has 0 aliphatic carbocycles. The first-order chi connectivity index (χ1) is 8.34. The van der Waals surface area contributed by atoms with Gasteiger partial charge in [-0.25, -0.2) is 0 Å². The smallest absolute Gasteiger partial charge is 0.228 e. The highest BCUT2D eigenvalue weighted by molar-refractivity contribution is 6.01. The van der Waals surface area contributed by atoms with Crippen molar-refractivity contribution in [2.45, 2.75) is 6.42 Å². The van der Waals surface area contributed by atoms with Gasteiger partial charge in [-0.3, -0.25) is 4.79 Å². The van der Waals surface area contributed by atoms with Gasteiger partial charge in [0.15, 0.2) is 0 Å². The predicted molar refractivity (Wildman–Crippen MR) is 65.8 cm³/mol. The van der Waals surface area contributed by atoms with Crippen molar-refractivity contribution < 1.29 is 9.21 Å². The third-order valence-corrected chi connectivity index (χ3v) is 3.17. The molecule has 1 aliphatic rings. The van der Waals surface area contributed by atoms with Gasteiger partial charge in [0.1, 0.15) is 11.8 Å². The van der Waals surface area contributed by atoms with Gasteiger partial charge in [-0.1, -0.05) is 12.1 Å². The van der Waals surface area contributed by atoms with Crippen LogP contribution in [0.4, 0.5) is 5.69 Å². The normalized spacial score (nSPS) is 19.6. The minimum Gasteiger partial charge on any atom is -0.462 e. The number of carbonyl (C=O) groups excluding carboxylic acids is 1. The lowest BCUT2D eigenvalue weighted by Crippen LogP contribution is -2.24. The van der Waals surface area contributed by atoms with Crippen LogP contribution >= 0.6 is 0 Å². The summed E-state index contributed by atoms with van der Waals surface area (Å²) in [6.07, 6.45) is 2.51. The Morgan fingerprint density at radius 2 is 2.29 bits per heavy atom. The van der Waals surface area contributed by atoms with Crippen molar-refractivity contribution in [1.82, 2.24) is 5.32 Å². The number of benzene rings is 1. The molecular formula is C13H14N2O2. The number of nitrogens with one attached hydrogen (secondary N) is 2. The quantitative estimate of drug-likeness (QED) is 0.829. The molecule has 4 heteroatoms. The lowest BCUT2D eigenvalue weighted by molar-refractivity contribution is -0.119. The second-order valence-electron chi connectivity index (χ2n) is 4.32. The molecule has 1 saturated heterocycles. The van der Waals surface area contributed by atoms with E-state index in [9.17, 15) is 4.79 Å². The average Bonchev–Trinajstić information content (AvgIpc) is 2.98. The molecule has 0 bridgehead atoms. The molecule has 1 amide bonds. The summed E-state index contributed by atoms with van der Waals surface area (Å²) in [6.45, 7) is 1.69. The van der Waals surface area contributed by atoms with Gasteiger partial charge in [-0.15, -0.1) is 0 Å². The van der Waals surface area contributed by atoms with Gasteiger partial charge in [0, 0.05) is 11.9 Å². The Balaban J connectivity index is 1.82. The van der Waals surface area contributed by atoms with E-state index in [2.05, 4.69) is 10.6 Å². The van der Waals surface area contributed by atoms with Gasteiger partial charge < -0.3 is 15.1 Å². The van der Waals surface area contributed by atoms with E-state index in [0.717, 1.165) is 36.2 Å². The fourth-order valence-electron chi connectivity index (χ4n) is 2.19. The van der Waals surface area contributed by atoms with E-state index < -0.39 is 0 Å². The summed E-state index contributed by atoms with van der Waals surface area (Å²) in [5, 5.41) is 7.07. The molecule has 0 saturated carbocycles. The van der Waals surface area contributed by atoms with Crippen LogP contribution in [0.15, 0.2) is 34.9 Å². The van der Waals surface area contributed by atoms with Gasteiger partial charge in [-0.05, 0) is 25.1 Å². The number of rotatable bonds is 2. The largest absolute Gasteiger partial charge is 0.462 e. The van der Waals surface area contributed by atoms with Crippen LogP contribution in [0.5, 0.6) is 0 Å². The van der Waals surface area contributed by atoms with Crippen molar-refractivity contribution >= 4 is 22.6 Å². The number of hydrogen-bond acceptors (Lipinski definition) is 3. The predicted octanol–water partition coefficient (Wildman–Crippen LogP) is 1.98. The molecule has 1 fully saturated rings. The fourth-order valence-corrected chi connectivity index (χ4v) is 2.19. The number of para-hydroxylation sites is 1. The first-order valence-corrected chi connectivity index (χ1v) is 5.82. The second kappa shape index (κ2) is 4.22. The van der Waals surface area contributed by atoms with E-state index >= 15 is 0 Å². The Bertz CT molecular complexity index is 541. The minimum atomic E-state index is 0.0709. The van der Waals surface area contributed by atoms with Gasteiger partial charge in [0.05, 0.1) is 11.6 Å². The molecule has 0 radical (unpaired) electrons. The zero-order valence-corrected chi connectivity index (χ0v) is 9.40. The SMILES string of the molecule is O=C(Nc1coc2ccccc12)C1CCNC1. The lowest BCUT2D eigenvalue weighted by atomic mass is 10.1. The summed E-state index contributed by atoms with van der Waals surface area (Å²) in [5.74, 6) is 0.144. The van der Waals surface area contributed by atoms with Gasteiger partial charge in [-0.2, -0.15) is 0 Å². The Morgan fingerprint density at radius 3 is 3.12 bits per heavy atom. The summed E-state index contributed by atoms with van der Waals surface area (Å²) < 4.78 is 5.38. The maximum Gasteiger partial charge on any atom is 0.228 e. The minimum absolute atomic E-state index is 0.0709. The topological polar surface area (TPSA) is 54.3 Å². The van der Waals surface area contributed by atoms with Crippen LogP contribution in [0.1, 0.15) is 6.42 Å². The number of carbonyl (C=O) groups is 1. The number of furan rings is 1. The highest BCUT2D eigenvalue weighted by Gasteiger charge is 2.23. The molecular weight excluding hydrogens is 216 g/mol. The number of anilines is 1. The molecule has 1 atom stereocenters. The monoisotopic (exact) mass is 230 g/mol. The highest BCUT2D eigenvalue weighted by Crippen LogP contribution is 2.26. The van der Waals surface area contributed by atoms with Crippen LogP contribution in [0.2, 0.25) is 0 Å². The Kier molecular flexibility index (Phi) is 2.57. The number of amides is 1. The first-order valence-electron chi connectivity index (χ1n) is 5.82. The standard InChI is InChI=1S/C13H14N2O2/c16-13(9-5-6-14-7-9)15-11-8-17-12-4-2-1-3-10(11)12/h1-4,8-9,14H,5-7H2,(H,15,16). The molecule has 2 heterocycles. The Hall–Kier alpha value is -1.81. The Morgan fingerprint density at radius 1 is 1.41 bits per heavy atom. The van der Waals surface area contributed by atoms with Crippen LogP contribution < -0.4 is 10.6 Å². The average molecular weight is 230 g/mol. The maximum atomic E-state index is 12.0. The molecule has 2 aromatic rings. The van der Waals surface area contributed by atoms with Crippen molar-refractivity contribution in [3.8, 4) is 0 Å². The number of fused-ring (bicyclic) bond motifs is 1. The second-order valence-corrected chi connectivity index (χ2v) is 4.32. The molecule has 1 aliphatic heterocycles. The van der Waals surface area contributed by atoms with E-state index in [0.29, 0.717) is 0 Å². The van der Waals surface area contributed by atoms with Gasteiger partial charge in [0.25, 0.3) is 0 Å². The van der Waals surface area contributed by atoms with Crippen molar-refractivity contribution in [3.63, 3.8) is 0 Å². The molecule has 1 aromatic carbocycles. The fraction of sp³-hybridized carbons (Fsp3) is 0.308. The first kappa shape index (κ1) is 10.4. The van der Waals surface area contributed by atoms with Crippen LogP contribution in [0.3, 0.4) is 0 Å². The van der Waals surface area contributed by atoms with Crippen molar-refractivity contribution in [2.75, 3.05) is 18.4 Å². The van der Waals surface area contributed by atoms with Crippen LogP contribution in [0, 0.1) is 5.92 Å². The zero-order chi connectivity index (χ0) is 11.7. The number of hydrogen-bond donors (Lipinski definition) is 2. The van der Waals surface area contributed by atoms with Crippen molar-refractivity contribution in [1.29, 1.82) is 0 Å². The molecule has 1 aromatic heterocycles. The molecule has 4 nitrogen and oxygen atoms in total. The molecule has 2 N–H and O–H groups in total. The van der Waals surface area contributed by atoms with Crippen LogP contribution in [-0.4, -0.2) is 19.0 Å². The van der Waals surface area contributed by atoms with Gasteiger partial charge >= 0.3 is 0 Å². The maximum absolute atomic E-state index is 12.0. The lowest BCUT2D eigenvalue weighted by Gasteiger charge is -2.08. The van der Waals surface area contributed by atoms with E-state index in [1.165, 1.54) is 0 Å². The van der Waals surface area contributed by atoms with Gasteiger partial charge in [0.2, 0.25) is 5.91 Å². The van der Waals surface area contributed by atoms with E-state index in [4.69, 9.17) is 4.42 Å². The van der Waals surface area contributed by atoms with E-state index in [1.54, 1.807) is 6.26 Å². The summed E-state index contributed by atoms with van der Waals surface area (Å²) in [5.41, 5.74) is 1.56. The summed E-state index contributed by atoms with van der Waals surface area (Å²) >= 11 is 0. The van der Waals surface area contributed by atoms with Crippen LogP contribution in [0.25, 0.3) is 11.0 Å². The van der Waals surface area contributed by atoms with E-state index in [-0.39, 0.29) is 11.8 Å². The molecule has 17 heavy (non-hydrogen) atoms. The van der Waals surface area contributed by atoms with Crippen molar-refractivity contribution in [3.05, 3.63) is 30.5 Å². The van der Waals surface area contributed by atoms with Crippen LogP contribution in [-0.2, 0) is 4.79 Å².